The number of halogens is 1. The second-order valence-corrected chi connectivity index (χ2v) is 4.74. The molecule has 2 N–H and O–H groups in total. The molecule has 2 unspecified atom stereocenters. The number of nitro groups is 1. The van der Waals surface area contributed by atoms with Gasteiger partial charge in [-0.15, -0.1) is 0 Å². The van der Waals surface area contributed by atoms with E-state index in [4.69, 9.17) is 16.7 Å². The Balaban J connectivity index is 2.84. The standard InChI is InChI=1S/C12H13ClN2O5/c1-6(7(2)12(17)18)11(16)14-8-3-4-10(15(19)20)9(13)5-8/h3-7H,1-2H3,(H,14,16)(H,17,18). The normalized spacial score (nSPS) is 13.3. The fourth-order valence-corrected chi connectivity index (χ4v) is 1.68. The van der Waals surface area contributed by atoms with Crippen LogP contribution in [0.5, 0.6) is 0 Å². The summed E-state index contributed by atoms with van der Waals surface area (Å²) in [7, 11) is 0. The van der Waals surface area contributed by atoms with Crippen molar-refractivity contribution in [1.82, 2.24) is 0 Å². The average molecular weight is 301 g/mol. The third kappa shape index (κ3) is 3.67. The molecule has 7 nitrogen and oxygen atoms in total. The maximum Gasteiger partial charge on any atom is 0.307 e. The van der Waals surface area contributed by atoms with Crippen molar-refractivity contribution in [3.05, 3.63) is 33.3 Å². The highest BCUT2D eigenvalue weighted by Crippen LogP contribution is 2.27. The van der Waals surface area contributed by atoms with Gasteiger partial charge in [-0.05, 0) is 12.1 Å². The summed E-state index contributed by atoms with van der Waals surface area (Å²) in [6, 6.07) is 3.75. The molecule has 0 radical (unpaired) electrons. The van der Waals surface area contributed by atoms with Crippen molar-refractivity contribution in [2.24, 2.45) is 11.8 Å². The molecule has 0 fully saturated rings. The molecular formula is C12H13ClN2O5. The smallest absolute Gasteiger partial charge is 0.307 e. The van der Waals surface area contributed by atoms with Crippen molar-refractivity contribution in [3.8, 4) is 0 Å². The Hall–Kier alpha value is -2.15. The Kier molecular flexibility index (Phi) is 5.04. The number of hydrogen-bond acceptors (Lipinski definition) is 4. The van der Waals surface area contributed by atoms with Crippen LogP contribution in [0, 0.1) is 22.0 Å². The molecule has 0 saturated heterocycles. The van der Waals surface area contributed by atoms with Gasteiger partial charge >= 0.3 is 5.97 Å². The largest absolute Gasteiger partial charge is 0.481 e. The molecule has 0 aromatic heterocycles. The predicted molar refractivity (Wildman–Crippen MR) is 72.7 cm³/mol. The predicted octanol–water partition coefficient (Wildman–Crippen LogP) is 2.54. The number of carbonyl (C=O) groups is 2. The van der Waals surface area contributed by atoms with Gasteiger partial charge in [0.25, 0.3) is 5.69 Å². The minimum Gasteiger partial charge on any atom is -0.481 e. The molecule has 0 spiro atoms. The van der Waals surface area contributed by atoms with E-state index in [-0.39, 0.29) is 16.4 Å². The van der Waals surface area contributed by atoms with Crippen molar-refractivity contribution in [3.63, 3.8) is 0 Å². The van der Waals surface area contributed by atoms with E-state index >= 15 is 0 Å². The summed E-state index contributed by atoms with van der Waals surface area (Å²) >= 11 is 5.71. The fourth-order valence-electron chi connectivity index (χ4n) is 1.43. The lowest BCUT2D eigenvalue weighted by molar-refractivity contribution is -0.384. The zero-order valence-electron chi connectivity index (χ0n) is 10.8. The summed E-state index contributed by atoms with van der Waals surface area (Å²) in [6.07, 6.45) is 0. The second kappa shape index (κ2) is 6.33. The molecule has 8 heteroatoms. The lowest BCUT2D eigenvalue weighted by atomic mass is 9.95. The number of anilines is 1. The minimum atomic E-state index is -1.07. The van der Waals surface area contributed by atoms with E-state index in [9.17, 15) is 19.7 Å². The Morgan fingerprint density at radius 1 is 1.35 bits per heavy atom. The summed E-state index contributed by atoms with van der Waals surface area (Å²) in [5, 5.41) is 21.8. The van der Waals surface area contributed by atoms with Crippen molar-refractivity contribution >= 4 is 34.9 Å². The van der Waals surface area contributed by atoms with Gasteiger partial charge in [-0.1, -0.05) is 25.4 Å². The van der Waals surface area contributed by atoms with E-state index in [1.165, 1.54) is 32.0 Å². The number of benzene rings is 1. The number of hydrogen-bond donors (Lipinski definition) is 2. The lowest BCUT2D eigenvalue weighted by Gasteiger charge is -2.15. The van der Waals surface area contributed by atoms with Gasteiger partial charge in [-0.2, -0.15) is 0 Å². The first kappa shape index (κ1) is 15.9. The number of aliphatic carboxylic acids is 1. The first-order valence-corrected chi connectivity index (χ1v) is 6.09. The van der Waals surface area contributed by atoms with Gasteiger partial charge in [0.1, 0.15) is 5.02 Å². The van der Waals surface area contributed by atoms with E-state index in [0.717, 1.165) is 0 Å². The minimum absolute atomic E-state index is 0.105. The molecule has 1 aromatic carbocycles. The molecule has 1 aromatic rings. The summed E-state index contributed by atoms with van der Waals surface area (Å²) in [5.74, 6) is -3.16. The Morgan fingerprint density at radius 2 is 1.95 bits per heavy atom. The monoisotopic (exact) mass is 300 g/mol. The molecule has 2 atom stereocenters. The zero-order chi connectivity index (χ0) is 15.4. The van der Waals surface area contributed by atoms with Crippen LogP contribution in [0.15, 0.2) is 18.2 Å². The topological polar surface area (TPSA) is 110 Å². The van der Waals surface area contributed by atoms with Crippen LogP contribution in [-0.4, -0.2) is 21.9 Å². The molecule has 108 valence electrons. The SMILES string of the molecule is CC(C(=O)O)C(C)C(=O)Nc1ccc([N+](=O)[O-])c(Cl)c1. The molecule has 0 bridgehead atoms. The Labute approximate surface area is 119 Å². The van der Waals surface area contributed by atoms with Crippen molar-refractivity contribution < 1.29 is 19.6 Å². The second-order valence-electron chi connectivity index (χ2n) is 4.33. The number of carboxylic acid groups (broad SMARTS) is 1. The summed E-state index contributed by atoms with van der Waals surface area (Å²) in [6.45, 7) is 2.91. The van der Waals surface area contributed by atoms with Gasteiger partial charge in [0.05, 0.1) is 10.8 Å². The molecule has 20 heavy (non-hydrogen) atoms. The maximum atomic E-state index is 11.8. The van der Waals surface area contributed by atoms with Crippen LogP contribution in [0.2, 0.25) is 5.02 Å². The van der Waals surface area contributed by atoms with Crippen molar-refractivity contribution in [2.45, 2.75) is 13.8 Å². The number of rotatable bonds is 5. The zero-order valence-corrected chi connectivity index (χ0v) is 11.5. The van der Waals surface area contributed by atoms with Gasteiger partial charge in [-0.25, -0.2) is 0 Å². The quantitative estimate of drug-likeness (QED) is 0.641. The maximum absolute atomic E-state index is 11.8. The average Bonchev–Trinajstić information content (AvgIpc) is 2.36. The third-order valence-corrected chi connectivity index (χ3v) is 3.27. The highest BCUT2D eigenvalue weighted by atomic mass is 35.5. The van der Waals surface area contributed by atoms with E-state index in [1.54, 1.807) is 0 Å². The van der Waals surface area contributed by atoms with Crippen LogP contribution < -0.4 is 5.32 Å². The molecule has 0 aliphatic rings. The number of amides is 1. The number of nitrogens with one attached hydrogen (secondary N) is 1. The van der Waals surface area contributed by atoms with Crippen LogP contribution in [0.1, 0.15) is 13.8 Å². The lowest BCUT2D eigenvalue weighted by Crippen LogP contribution is -2.29. The van der Waals surface area contributed by atoms with E-state index in [1.807, 2.05) is 0 Å². The first-order valence-electron chi connectivity index (χ1n) is 5.71. The highest BCUT2D eigenvalue weighted by molar-refractivity contribution is 6.33. The van der Waals surface area contributed by atoms with Gasteiger partial charge in [0, 0.05) is 17.7 Å². The van der Waals surface area contributed by atoms with E-state index in [2.05, 4.69) is 5.32 Å². The third-order valence-electron chi connectivity index (χ3n) is 2.97. The van der Waals surface area contributed by atoms with Gasteiger partial charge in [0.2, 0.25) is 5.91 Å². The highest BCUT2D eigenvalue weighted by Gasteiger charge is 2.26. The Morgan fingerprint density at radius 3 is 2.40 bits per heavy atom. The number of nitrogens with zero attached hydrogens (tertiary/aromatic N) is 1. The number of nitro benzene ring substituents is 1. The summed E-state index contributed by atoms with van der Waals surface area (Å²) < 4.78 is 0. The van der Waals surface area contributed by atoms with Crippen LogP contribution in [-0.2, 0) is 9.59 Å². The van der Waals surface area contributed by atoms with E-state index in [0.29, 0.717) is 0 Å². The van der Waals surface area contributed by atoms with Crippen LogP contribution >= 0.6 is 11.6 Å². The molecule has 1 rings (SSSR count). The van der Waals surface area contributed by atoms with Crippen LogP contribution in [0.4, 0.5) is 11.4 Å². The van der Waals surface area contributed by atoms with Gasteiger partial charge in [0.15, 0.2) is 0 Å². The molecule has 0 aliphatic carbocycles. The molecule has 0 saturated carbocycles. The van der Waals surface area contributed by atoms with Gasteiger partial charge in [-0.3, -0.25) is 19.7 Å². The molecule has 1 amide bonds. The van der Waals surface area contributed by atoms with Crippen LogP contribution in [0.3, 0.4) is 0 Å². The summed E-state index contributed by atoms with van der Waals surface area (Å²) in [4.78, 5) is 32.6. The molecule has 0 aliphatic heterocycles. The Bertz CT molecular complexity index is 561. The number of carbonyl (C=O) groups excluding carboxylic acids is 1. The molecular weight excluding hydrogens is 288 g/mol. The van der Waals surface area contributed by atoms with Crippen molar-refractivity contribution in [2.75, 3.05) is 5.32 Å². The summed E-state index contributed by atoms with van der Waals surface area (Å²) in [5.41, 5.74) is 0.00616. The first-order chi connectivity index (χ1) is 9.23. The number of carboxylic acids is 1. The molecule has 0 heterocycles. The van der Waals surface area contributed by atoms with Gasteiger partial charge < -0.3 is 10.4 Å². The van der Waals surface area contributed by atoms with Crippen molar-refractivity contribution in [1.29, 1.82) is 0 Å². The van der Waals surface area contributed by atoms with E-state index < -0.39 is 28.6 Å². The van der Waals surface area contributed by atoms with Crippen LogP contribution in [0.25, 0.3) is 0 Å². The fraction of sp³-hybridized carbons (Fsp3) is 0.333.